The Kier molecular flexibility index (Phi) is 1.46. The summed E-state index contributed by atoms with van der Waals surface area (Å²) in [6.45, 7) is 1.56. The van der Waals surface area contributed by atoms with Gasteiger partial charge in [0, 0.05) is 5.41 Å². The number of alkyl halides is 1. The van der Waals surface area contributed by atoms with Crippen molar-refractivity contribution in [3.8, 4) is 0 Å². The van der Waals surface area contributed by atoms with E-state index in [1.165, 1.54) is 0 Å². The van der Waals surface area contributed by atoms with Crippen molar-refractivity contribution in [1.82, 2.24) is 5.32 Å². The average molecular weight is 173 g/mol. The van der Waals surface area contributed by atoms with Gasteiger partial charge in [-0.2, -0.15) is 0 Å². The fourth-order valence-corrected chi connectivity index (χ4v) is 2.29. The number of fused-ring (bicyclic) bond motifs is 1. The zero-order valence-electron chi connectivity index (χ0n) is 6.88. The molecule has 0 aromatic carbocycles. The third kappa shape index (κ3) is 0.665. The number of nitrogens with one attached hydrogen (secondary N) is 1. The summed E-state index contributed by atoms with van der Waals surface area (Å²) in [5, 5.41) is 11.5. The molecular formula is C8H12FNO2. The fraction of sp³-hybridized carbons (Fsp3) is 0.875. The molecule has 3 nitrogen and oxygen atoms in total. The minimum absolute atomic E-state index is 0.106. The first-order valence-corrected chi connectivity index (χ1v) is 4.16. The van der Waals surface area contributed by atoms with E-state index >= 15 is 0 Å². The Labute approximate surface area is 70.0 Å². The number of carbonyl (C=O) groups excluding carboxylic acids is 1. The van der Waals surface area contributed by atoms with Crippen molar-refractivity contribution in [3.05, 3.63) is 0 Å². The van der Waals surface area contributed by atoms with Crippen LogP contribution in [-0.4, -0.2) is 29.8 Å². The highest BCUT2D eigenvalue weighted by molar-refractivity contribution is 5.84. The molecule has 0 spiro atoms. The summed E-state index contributed by atoms with van der Waals surface area (Å²) in [6, 6.07) is -0.390. The second-order valence-electron chi connectivity index (χ2n) is 3.87. The molecule has 1 aliphatic heterocycles. The lowest BCUT2D eigenvalue weighted by Crippen LogP contribution is -2.54. The molecule has 1 amide bonds. The number of carbonyl (C=O) groups is 1. The number of aliphatic hydroxyl groups excluding tert-OH is 1. The van der Waals surface area contributed by atoms with E-state index in [1.54, 1.807) is 6.92 Å². The SMILES string of the molecule is C[C@]12C(F)C[C@@H]1C(=O)N[C@@H]2CO. The van der Waals surface area contributed by atoms with Gasteiger partial charge in [0.1, 0.15) is 6.17 Å². The summed E-state index contributed by atoms with van der Waals surface area (Å²) in [5.41, 5.74) is -0.647. The zero-order valence-corrected chi connectivity index (χ0v) is 6.88. The van der Waals surface area contributed by atoms with E-state index in [1.807, 2.05) is 0 Å². The van der Waals surface area contributed by atoms with E-state index in [-0.39, 0.29) is 18.4 Å². The molecule has 68 valence electrons. The van der Waals surface area contributed by atoms with Crippen molar-refractivity contribution >= 4 is 5.91 Å². The van der Waals surface area contributed by atoms with Gasteiger partial charge >= 0.3 is 0 Å². The second kappa shape index (κ2) is 2.19. The summed E-state index contributed by atoms with van der Waals surface area (Å²) in [4.78, 5) is 11.2. The summed E-state index contributed by atoms with van der Waals surface area (Å²) >= 11 is 0. The Morgan fingerprint density at radius 2 is 2.50 bits per heavy atom. The van der Waals surface area contributed by atoms with Crippen LogP contribution in [0.4, 0.5) is 4.39 Å². The normalized spacial score (nSPS) is 51.2. The first-order chi connectivity index (χ1) is 5.60. The molecule has 1 heterocycles. The summed E-state index contributed by atoms with van der Waals surface area (Å²) in [6.07, 6.45) is -0.627. The van der Waals surface area contributed by atoms with Crippen molar-refractivity contribution in [2.75, 3.05) is 6.61 Å². The van der Waals surface area contributed by atoms with Crippen LogP contribution in [0.2, 0.25) is 0 Å². The van der Waals surface area contributed by atoms with E-state index < -0.39 is 17.6 Å². The quantitative estimate of drug-likeness (QED) is 0.579. The molecule has 0 radical (unpaired) electrons. The van der Waals surface area contributed by atoms with Gasteiger partial charge in [-0.1, -0.05) is 6.92 Å². The van der Waals surface area contributed by atoms with Crippen LogP contribution in [0.3, 0.4) is 0 Å². The molecular weight excluding hydrogens is 161 g/mol. The number of aliphatic hydroxyl groups is 1. The van der Waals surface area contributed by atoms with Crippen LogP contribution in [0.1, 0.15) is 13.3 Å². The fourth-order valence-electron chi connectivity index (χ4n) is 2.29. The minimum atomic E-state index is -0.946. The maximum absolute atomic E-state index is 13.2. The molecule has 12 heavy (non-hydrogen) atoms. The molecule has 2 N–H and O–H groups in total. The van der Waals surface area contributed by atoms with Crippen LogP contribution in [0.25, 0.3) is 0 Å². The molecule has 1 aliphatic carbocycles. The van der Waals surface area contributed by atoms with Gasteiger partial charge < -0.3 is 10.4 Å². The monoisotopic (exact) mass is 173 g/mol. The number of halogens is 1. The maximum atomic E-state index is 13.2. The topological polar surface area (TPSA) is 49.3 Å². The Bertz CT molecular complexity index is 233. The van der Waals surface area contributed by atoms with Crippen molar-refractivity contribution in [2.24, 2.45) is 11.3 Å². The molecule has 0 aromatic heterocycles. The van der Waals surface area contributed by atoms with E-state index in [4.69, 9.17) is 5.11 Å². The Morgan fingerprint density at radius 1 is 1.83 bits per heavy atom. The lowest BCUT2D eigenvalue weighted by atomic mass is 9.58. The van der Waals surface area contributed by atoms with E-state index in [2.05, 4.69) is 5.32 Å². The van der Waals surface area contributed by atoms with Gasteiger partial charge in [0.05, 0.1) is 18.6 Å². The van der Waals surface area contributed by atoms with Crippen LogP contribution in [0.15, 0.2) is 0 Å². The molecule has 1 unspecified atom stereocenters. The summed E-state index contributed by atoms with van der Waals surface area (Å²) in [5.74, 6) is -0.324. The third-order valence-electron chi connectivity index (χ3n) is 3.43. The highest BCUT2D eigenvalue weighted by atomic mass is 19.1. The van der Waals surface area contributed by atoms with Crippen molar-refractivity contribution in [2.45, 2.75) is 25.6 Å². The molecule has 0 aromatic rings. The van der Waals surface area contributed by atoms with Gasteiger partial charge in [-0.25, -0.2) is 4.39 Å². The average Bonchev–Trinajstić information content (AvgIpc) is 2.25. The van der Waals surface area contributed by atoms with Gasteiger partial charge in [-0.05, 0) is 6.42 Å². The predicted molar refractivity (Wildman–Crippen MR) is 40.1 cm³/mol. The lowest BCUT2D eigenvalue weighted by molar-refractivity contribution is -0.132. The molecule has 2 fully saturated rings. The van der Waals surface area contributed by atoms with Crippen LogP contribution >= 0.6 is 0 Å². The van der Waals surface area contributed by atoms with Crippen molar-refractivity contribution in [3.63, 3.8) is 0 Å². The third-order valence-corrected chi connectivity index (χ3v) is 3.43. The highest BCUT2D eigenvalue weighted by Crippen LogP contribution is 2.54. The number of hydrogen-bond donors (Lipinski definition) is 2. The molecule has 4 heteroatoms. The lowest BCUT2D eigenvalue weighted by Gasteiger charge is -2.45. The molecule has 1 saturated heterocycles. The highest BCUT2D eigenvalue weighted by Gasteiger charge is 2.64. The van der Waals surface area contributed by atoms with Gasteiger partial charge in [-0.15, -0.1) is 0 Å². The Morgan fingerprint density at radius 3 is 2.92 bits per heavy atom. The van der Waals surface area contributed by atoms with Gasteiger partial charge in [0.25, 0.3) is 0 Å². The standard InChI is InChI=1S/C8H12FNO2/c1-8-4(2-5(8)9)7(12)10-6(8)3-11/h4-6,11H,2-3H2,1H3,(H,10,12)/t4-,5?,6-,8-/m1/s1. The van der Waals surface area contributed by atoms with Crippen LogP contribution in [0.5, 0.6) is 0 Å². The molecule has 4 atom stereocenters. The second-order valence-corrected chi connectivity index (χ2v) is 3.87. The van der Waals surface area contributed by atoms with Crippen LogP contribution in [0, 0.1) is 11.3 Å². The first kappa shape index (κ1) is 7.98. The van der Waals surface area contributed by atoms with Crippen molar-refractivity contribution in [1.29, 1.82) is 0 Å². The van der Waals surface area contributed by atoms with E-state index in [0.717, 1.165) is 0 Å². The Hall–Kier alpha value is -0.640. The summed E-state index contributed by atoms with van der Waals surface area (Å²) in [7, 11) is 0. The number of hydrogen-bond acceptors (Lipinski definition) is 2. The van der Waals surface area contributed by atoms with Crippen LogP contribution < -0.4 is 5.32 Å². The smallest absolute Gasteiger partial charge is 0.224 e. The summed E-state index contributed by atoms with van der Waals surface area (Å²) < 4.78 is 13.2. The number of rotatable bonds is 1. The maximum Gasteiger partial charge on any atom is 0.224 e. The molecule has 0 bridgehead atoms. The molecule has 2 aliphatic rings. The van der Waals surface area contributed by atoms with Gasteiger partial charge in [0.15, 0.2) is 0 Å². The largest absolute Gasteiger partial charge is 0.394 e. The molecule has 2 rings (SSSR count). The zero-order chi connectivity index (χ0) is 8.93. The van der Waals surface area contributed by atoms with Crippen LogP contribution in [-0.2, 0) is 4.79 Å². The first-order valence-electron chi connectivity index (χ1n) is 4.16. The van der Waals surface area contributed by atoms with Gasteiger partial charge in [0.2, 0.25) is 5.91 Å². The van der Waals surface area contributed by atoms with Gasteiger partial charge in [-0.3, -0.25) is 4.79 Å². The number of amides is 1. The minimum Gasteiger partial charge on any atom is -0.394 e. The van der Waals surface area contributed by atoms with E-state index in [9.17, 15) is 9.18 Å². The van der Waals surface area contributed by atoms with Crippen molar-refractivity contribution < 1.29 is 14.3 Å². The Balaban J connectivity index is 2.26. The van der Waals surface area contributed by atoms with E-state index in [0.29, 0.717) is 6.42 Å². The molecule has 1 saturated carbocycles. The predicted octanol–water partition coefficient (Wildman–Crippen LogP) is -0.159.